The number of ketones is 1. The Hall–Kier alpha value is -3.42. The third-order valence-electron chi connectivity index (χ3n) is 6.01. The van der Waals surface area contributed by atoms with E-state index in [4.69, 9.17) is 9.15 Å². The number of carbonyl (C=O) groups excluding carboxylic acids is 1. The number of benzene rings is 1. The maximum absolute atomic E-state index is 12.8. The molecule has 1 aliphatic rings. The number of rotatable bonds is 7. The summed E-state index contributed by atoms with van der Waals surface area (Å²) in [5.41, 5.74) is 3.75. The largest absolute Gasteiger partial charge is 0.494 e. The topological polar surface area (TPSA) is 90.5 Å². The first kappa shape index (κ1) is 22.8. The van der Waals surface area contributed by atoms with Gasteiger partial charge in [0.05, 0.1) is 7.11 Å². The second-order valence-electron chi connectivity index (χ2n) is 9.56. The first-order valence-electron chi connectivity index (χ1n) is 11.1. The highest BCUT2D eigenvalue weighted by Gasteiger charge is 2.25. The first-order valence-corrected chi connectivity index (χ1v) is 11.1. The molecule has 0 unspecified atom stereocenters. The summed E-state index contributed by atoms with van der Waals surface area (Å²) in [5, 5.41) is 4.53. The van der Waals surface area contributed by atoms with Gasteiger partial charge in [0.2, 0.25) is 0 Å². The monoisotopic (exact) mass is 450 g/mol. The Labute approximate surface area is 192 Å². The van der Waals surface area contributed by atoms with Crippen LogP contribution in [0.2, 0.25) is 0 Å². The molecule has 33 heavy (non-hydrogen) atoms. The molecule has 1 aromatic carbocycles. The zero-order chi connectivity index (χ0) is 23.8. The van der Waals surface area contributed by atoms with Crippen molar-refractivity contribution in [3.63, 3.8) is 0 Å². The van der Waals surface area contributed by atoms with Crippen LogP contribution in [0.15, 0.2) is 39.6 Å². The van der Waals surface area contributed by atoms with Crippen molar-refractivity contribution in [2.75, 3.05) is 26.1 Å². The van der Waals surface area contributed by atoms with E-state index in [9.17, 15) is 9.59 Å². The van der Waals surface area contributed by atoms with Crippen molar-refractivity contribution >= 4 is 28.5 Å². The standard InChI is InChI=1S/C25H30N4O4/c1-25(2)10-8-17(9-11-25)23-21(32-5)14-22(31)29(27-23)15-18(30)12-16-6-7-20-19(13-16)26-24(33-20)28(3)4/h6-8,13-14H,9-12,15H2,1-5H3. The van der Waals surface area contributed by atoms with E-state index < -0.39 is 0 Å². The molecular weight excluding hydrogens is 420 g/mol. The lowest BCUT2D eigenvalue weighted by molar-refractivity contribution is -0.119. The van der Waals surface area contributed by atoms with Crippen molar-refractivity contribution < 1.29 is 13.9 Å². The Morgan fingerprint density at radius 3 is 2.73 bits per heavy atom. The maximum atomic E-state index is 12.8. The number of oxazole rings is 1. The lowest BCUT2D eigenvalue weighted by Gasteiger charge is -2.28. The molecule has 3 aromatic rings. The second-order valence-corrected chi connectivity index (χ2v) is 9.56. The van der Waals surface area contributed by atoms with E-state index in [0.717, 1.165) is 30.4 Å². The summed E-state index contributed by atoms with van der Waals surface area (Å²) in [7, 11) is 5.24. The molecule has 0 bridgehead atoms. The lowest BCUT2D eigenvalue weighted by Crippen LogP contribution is -2.28. The SMILES string of the molecule is COc1cc(=O)n(CC(=O)Cc2ccc3oc(N(C)C)nc3c2)nc1C1=CCC(C)(C)CC1. The fourth-order valence-corrected chi connectivity index (χ4v) is 3.97. The number of fused-ring (bicyclic) bond motifs is 1. The molecule has 0 saturated heterocycles. The maximum Gasteiger partial charge on any atom is 0.297 e. The zero-order valence-electron chi connectivity index (χ0n) is 19.8. The van der Waals surface area contributed by atoms with Crippen molar-refractivity contribution in [1.82, 2.24) is 14.8 Å². The van der Waals surface area contributed by atoms with Gasteiger partial charge in [-0.2, -0.15) is 10.1 Å². The molecule has 0 amide bonds. The fourth-order valence-electron chi connectivity index (χ4n) is 3.97. The zero-order valence-corrected chi connectivity index (χ0v) is 19.8. The van der Waals surface area contributed by atoms with Crippen LogP contribution in [0.25, 0.3) is 16.7 Å². The fraction of sp³-hybridized carbons (Fsp3) is 0.440. The van der Waals surface area contributed by atoms with Crippen molar-refractivity contribution in [2.24, 2.45) is 5.41 Å². The molecule has 0 spiro atoms. The van der Waals surface area contributed by atoms with Crippen LogP contribution in [0.5, 0.6) is 5.75 Å². The number of carbonyl (C=O) groups is 1. The number of methoxy groups -OCH3 is 1. The molecule has 1 aliphatic carbocycles. The molecule has 0 atom stereocenters. The molecule has 8 nitrogen and oxygen atoms in total. The highest BCUT2D eigenvalue weighted by molar-refractivity contribution is 5.83. The van der Waals surface area contributed by atoms with Crippen LogP contribution in [0.4, 0.5) is 6.01 Å². The highest BCUT2D eigenvalue weighted by Crippen LogP contribution is 2.39. The Balaban J connectivity index is 1.55. The third kappa shape index (κ3) is 4.99. The molecule has 0 aliphatic heterocycles. The van der Waals surface area contributed by atoms with E-state index in [1.165, 1.54) is 17.9 Å². The number of hydrogen-bond acceptors (Lipinski definition) is 7. The normalized spacial score (nSPS) is 15.4. The Kier molecular flexibility index (Phi) is 6.10. The molecule has 174 valence electrons. The number of ether oxygens (including phenoxy) is 1. The quantitative estimate of drug-likeness (QED) is 0.540. The highest BCUT2D eigenvalue weighted by atomic mass is 16.5. The van der Waals surface area contributed by atoms with Crippen LogP contribution in [-0.4, -0.2) is 41.8 Å². The summed E-state index contributed by atoms with van der Waals surface area (Å²) in [5.74, 6) is 0.331. The number of anilines is 1. The van der Waals surface area contributed by atoms with Crippen LogP contribution >= 0.6 is 0 Å². The van der Waals surface area contributed by atoms with Gasteiger partial charge >= 0.3 is 0 Å². The van der Waals surface area contributed by atoms with Gasteiger partial charge in [-0.1, -0.05) is 26.0 Å². The number of nitrogens with zero attached hydrogens (tertiary/aromatic N) is 4. The third-order valence-corrected chi connectivity index (χ3v) is 6.01. The van der Waals surface area contributed by atoms with E-state index in [2.05, 4.69) is 30.0 Å². The van der Waals surface area contributed by atoms with Gasteiger partial charge in [-0.3, -0.25) is 9.59 Å². The molecule has 0 fully saturated rings. The van der Waals surface area contributed by atoms with Gasteiger partial charge in [-0.15, -0.1) is 0 Å². The van der Waals surface area contributed by atoms with E-state index >= 15 is 0 Å². The van der Waals surface area contributed by atoms with Crippen LogP contribution < -0.4 is 15.2 Å². The van der Waals surface area contributed by atoms with Gasteiger partial charge in [0.25, 0.3) is 11.6 Å². The Morgan fingerprint density at radius 1 is 1.27 bits per heavy atom. The van der Waals surface area contributed by atoms with E-state index in [1.54, 1.807) is 4.90 Å². The van der Waals surface area contributed by atoms with Gasteiger partial charge in [-0.25, -0.2) is 4.68 Å². The molecule has 0 N–H and O–H groups in total. The van der Waals surface area contributed by atoms with Crippen LogP contribution in [0, 0.1) is 5.41 Å². The summed E-state index contributed by atoms with van der Waals surface area (Å²) < 4.78 is 12.3. The molecule has 2 aromatic heterocycles. The van der Waals surface area contributed by atoms with Crippen LogP contribution in [0.3, 0.4) is 0 Å². The van der Waals surface area contributed by atoms with E-state index in [-0.39, 0.29) is 29.7 Å². The predicted molar refractivity (Wildman–Crippen MR) is 128 cm³/mol. The summed E-state index contributed by atoms with van der Waals surface area (Å²) in [6.45, 7) is 4.37. The summed E-state index contributed by atoms with van der Waals surface area (Å²) >= 11 is 0. The van der Waals surface area contributed by atoms with Crippen molar-refractivity contribution in [1.29, 1.82) is 0 Å². The van der Waals surface area contributed by atoms with Crippen LogP contribution in [0.1, 0.15) is 44.4 Å². The summed E-state index contributed by atoms with van der Waals surface area (Å²) in [6, 6.07) is 7.42. The number of aromatic nitrogens is 3. The molecule has 0 saturated carbocycles. The first-order chi connectivity index (χ1) is 15.6. The van der Waals surface area contributed by atoms with Gasteiger partial charge < -0.3 is 14.1 Å². The molecule has 2 heterocycles. The molecular formula is C25H30N4O4. The number of Topliss-reactive ketones (excluding diaryl/α,β-unsaturated/α-hetero) is 1. The van der Waals surface area contributed by atoms with Crippen LogP contribution in [-0.2, 0) is 17.8 Å². The van der Waals surface area contributed by atoms with Gasteiger partial charge in [-0.05, 0) is 47.9 Å². The van der Waals surface area contributed by atoms with E-state index in [0.29, 0.717) is 28.6 Å². The minimum absolute atomic E-state index is 0.103. The second kappa shape index (κ2) is 8.84. The van der Waals surface area contributed by atoms with Gasteiger partial charge in [0, 0.05) is 26.6 Å². The minimum Gasteiger partial charge on any atom is -0.494 e. The predicted octanol–water partition coefficient (Wildman–Crippen LogP) is 3.86. The number of hydrogen-bond donors (Lipinski definition) is 0. The Bertz CT molecular complexity index is 1280. The summed E-state index contributed by atoms with van der Waals surface area (Å²) in [4.78, 5) is 31.6. The van der Waals surface area contributed by atoms with Gasteiger partial charge in [0.15, 0.2) is 17.1 Å². The number of allylic oxidation sites excluding steroid dienone is 2. The summed E-state index contributed by atoms with van der Waals surface area (Å²) in [6.07, 6.45) is 5.16. The minimum atomic E-state index is -0.358. The average Bonchev–Trinajstić information content (AvgIpc) is 3.19. The molecule has 4 rings (SSSR count). The lowest BCUT2D eigenvalue weighted by atomic mass is 9.78. The Morgan fingerprint density at radius 2 is 2.06 bits per heavy atom. The molecule has 0 radical (unpaired) electrons. The van der Waals surface area contributed by atoms with E-state index in [1.807, 2.05) is 32.3 Å². The molecule has 8 heteroatoms. The van der Waals surface area contributed by atoms with Crippen molar-refractivity contribution in [3.05, 3.63) is 52.0 Å². The van der Waals surface area contributed by atoms with Gasteiger partial charge in [0.1, 0.15) is 17.8 Å². The van der Waals surface area contributed by atoms with Crippen molar-refractivity contribution in [3.8, 4) is 5.75 Å². The van der Waals surface area contributed by atoms with Crippen molar-refractivity contribution in [2.45, 2.75) is 46.1 Å². The smallest absolute Gasteiger partial charge is 0.297 e. The average molecular weight is 451 g/mol.